The van der Waals surface area contributed by atoms with Gasteiger partial charge in [-0.1, -0.05) is 38.9 Å². The predicted octanol–water partition coefficient (Wildman–Crippen LogP) is 2.04. The van der Waals surface area contributed by atoms with Gasteiger partial charge in [0.1, 0.15) is 0 Å². The van der Waals surface area contributed by atoms with Crippen molar-refractivity contribution in [2.24, 2.45) is 0 Å². The molecule has 2 rings (SSSR count). The number of rotatable bonds is 3. The second-order valence-corrected chi connectivity index (χ2v) is 4.77. The van der Waals surface area contributed by atoms with E-state index >= 15 is 0 Å². The van der Waals surface area contributed by atoms with Crippen LogP contribution in [0.5, 0.6) is 0 Å². The first-order chi connectivity index (χ1) is 6.45. The van der Waals surface area contributed by atoms with Crippen molar-refractivity contribution in [3.05, 3.63) is 30.3 Å². The molecule has 1 aliphatic heterocycles. The highest BCUT2D eigenvalue weighted by atomic mass is 31.1. The Morgan fingerprint density at radius 1 is 1.08 bits per heavy atom. The summed E-state index contributed by atoms with van der Waals surface area (Å²) in [5, 5.41) is 1.49. The van der Waals surface area contributed by atoms with Crippen molar-refractivity contribution in [1.82, 2.24) is 4.90 Å². The van der Waals surface area contributed by atoms with Crippen LogP contribution in [0.1, 0.15) is 12.8 Å². The smallest absolute Gasteiger partial charge is 0.0197 e. The zero-order valence-corrected chi connectivity index (χ0v) is 8.87. The number of hydrogen-bond acceptors (Lipinski definition) is 1. The highest BCUT2D eigenvalue weighted by Gasteiger charge is 2.10. The van der Waals surface area contributed by atoms with E-state index in [-0.39, 0.29) is 0 Å². The van der Waals surface area contributed by atoms with Gasteiger partial charge in [-0.05, 0) is 31.2 Å². The number of hydrogen-bond donors (Lipinski definition) is 0. The lowest BCUT2D eigenvalue weighted by Crippen LogP contribution is -2.18. The Hall–Kier alpha value is -0.390. The molecule has 1 heterocycles. The van der Waals surface area contributed by atoms with Gasteiger partial charge >= 0.3 is 0 Å². The molecule has 1 aromatic rings. The Labute approximate surface area is 81.9 Å². The molecule has 1 aliphatic rings. The second kappa shape index (κ2) is 4.74. The zero-order valence-electron chi connectivity index (χ0n) is 7.87. The molecule has 1 atom stereocenters. The zero-order chi connectivity index (χ0) is 8.93. The third-order valence-corrected chi connectivity index (χ3v) is 3.83. The summed E-state index contributed by atoms with van der Waals surface area (Å²) in [6.07, 6.45) is 4.07. The van der Waals surface area contributed by atoms with Crippen LogP contribution in [0.15, 0.2) is 30.3 Å². The fourth-order valence-corrected chi connectivity index (χ4v) is 2.85. The van der Waals surface area contributed by atoms with Crippen LogP contribution in [0.3, 0.4) is 0 Å². The van der Waals surface area contributed by atoms with Gasteiger partial charge in [0.15, 0.2) is 0 Å². The minimum absolute atomic E-state index is 0.964. The summed E-state index contributed by atoms with van der Waals surface area (Å²) in [5.74, 6) is 0. The average molecular weight is 193 g/mol. The molecule has 0 aromatic heterocycles. The molecule has 0 N–H and O–H groups in total. The Balaban J connectivity index is 1.79. The van der Waals surface area contributed by atoms with Gasteiger partial charge in [0.2, 0.25) is 0 Å². The van der Waals surface area contributed by atoms with Crippen LogP contribution in [0.2, 0.25) is 0 Å². The average Bonchev–Trinajstić information content (AvgIpc) is 2.69. The summed E-state index contributed by atoms with van der Waals surface area (Å²) >= 11 is 0. The maximum atomic E-state index is 2.57. The molecule has 0 saturated carbocycles. The highest BCUT2D eigenvalue weighted by molar-refractivity contribution is 7.47. The molecule has 13 heavy (non-hydrogen) atoms. The SMILES string of the molecule is c1ccc(PCN2CCCC2)cc1. The molecule has 0 amide bonds. The summed E-state index contributed by atoms with van der Waals surface area (Å²) < 4.78 is 0. The number of likely N-dealkylation sites (tertiary alicyclic amines) is 1. The van der Waals surface area contributed by atoms with Crippen molar-refractivity contribution in [3.63, 3.8) is 0 Å². The van der Waals surface area contributed by atoms with Gasteiger partial charge in [-0.25, -0.2) is 0 Å². The molecule has 1 unspecified atom stereocenters. The molecule has 0 radical (unpaired) electrons. The van der Waals surface area contributed by atoms with Gasteiger partial charge in [-0.15, -0.1) is 0 Å². The Morgan fingerprint density at radius 2 is 1.77 bits per heavy atom. The highest BCUT2D eigenvalue weighted by Crippen LogP contribution is 2.16. The van der Waals surface area contributed by atoms with Crippen molar-refractivity contribution in [1.29, 1.82) is 0 Å². The Bertz CT molecular complexity index is 242. The van der Waals surface area contributed by atoms with Crippen LogP contribution >= 0.6 is 8.58 Å². The van der Waals surface area contributed by atoms with Crippen LogP contribution in [0, 0.1) is 0 Å². The standard InChI is InChI=1S/C11H16NP/c1-2-6-11(7-3-1)13-10-12-8-4-5-9-12/h1-3,6-7,13H,4-5,8-10H2. The topological polar surface area (TPSA) is 3.24 Å². The molecular formula is C11H16NP. The summed E-state index contributed by atoms with van der Waals surface area (Å²) in [7, 11) is 0.964. The fraction of sp³-hybridized carbons (Fsp3) is 0.455. The lowest BCUT2D eigenvalue weighted by molar-refractivity contribution is 0.400. The van der Waals surface area contributed by atoms with Crippen LogP contribution in [-0.2, 0) is 0 Å². The summed E-state index contributed by atoms with van der Waals surface area (Å²) in [6.45, 7) is 2.64. The molecule has 1 fully saturated rings. The minimum atomic E-state index is 0.964. The van der Waals surface area contributed by atoms with Gasteiger partial charge in [-0.3, -0.25) is 4.90 Å². The van der Waals surface area contributed by atoms with Crippen LogP contribution in [0.25, 0.3) is 0 Å². The molecule has 0 bridgehead atoms. The molecule has 70 valence electrons. The molecule has 0 aliphatic carbocycles. The minimum Gasteiger partial charge on any atom is -0.299 e. The third kappa shape index (κ3) is 2.79. The van der Waals surface area contributed by atoms with Crippen molar-refractivity contribution < 1.29 is 0 Å². The second-order valence-electron chi connectivity index (χ2n) is 3.53. The van der Waals surface area contributed by atoms with Crippen molar-refractivity contribution in [3.8, 4) is 0 Å². The first-order valence-corrected chi connectivity index (χ1v) is 6.17. The number of benzene rings is 1. The molecular weight excluding hydrogens is 177 g/mol. The van der Waals surface area contributed by atoms with E-state index in [1.54, 1.807) is 0 Å². The lowest BCUT2D eigenvalue weighted by atomic mass is 10.4. The third-order valence-electron chi connectivity index (χ3n) is 2.48. The summed E-state index contributed by atoms with van der Waals surface area (Å²) in [5.41, 5.74) is 0. The van der Waals surface area contributed by atoms with Crippen LogP contribution < -0.4 is 5.30 Å². The van der Waals surface area contributed by atoms with E-state index in [1.165, 1.54) is 37.5 Å². The van der Waals surface area contributed by atoms with Crippen molar-refractivity contribution in [2.45, 2.75) is 12.8 Å². The van der Waals surface area contributed by atoms with E-state index in [1.807, 2.05) is 0 Å². The van der Waals surface area contributed by atoms with Gasteiger partial charge < -0.3 is 0 Å². The van der Waals surface area contributed by atoms with E-state index in [0.717, 1.165) is 8.58 Å². The van der Waals surface area contributed by atoms with E-state index in [9.17, 15) is 0 Å². The molecule has 1 nitrogen and oxygen atoms in total. The monoisotopic (exact) mass is 193 g/mol. The Morgan fingerprint density at radius 3 is 2.46 bits per heavy atom. The van der Waals surface area contributed by atoms with E-state index in [2.05, 4.69) is 35.2 Å². The molecule has 0 spiro atoms. The van der Waals surface area contributed by atoms with Crippen LogP contribution in [-0.4, -0.2) is 24.3 Å². The van der Waals surface area contributed by atoms with Gasteiger partial charge in [-0.2, -0.15) is 0 Å². The first kappa shape index (κ1) is 9.18. The molecule has 1 saturated heterocycles. The lowest BCUT2D eigenvalue weighted by Gasteiger charge is -2.13. The normalized spacial score (nSPS) is 18.8. The molecule has 1 aromatic carbocycles. The summed E-state index contributed by atoms with van der Waals surface area (Å²) in [6, 6.07) is 10.8. The van der Waals surface area contributed by atoms with Crippen LogP contribution in [0.4, 0.5) is 0 Å². The van der Waals surface area contributed by atoms with Crippen molar-refractivity contribution >= 4 is 13.9 Å². The Kier molecular flexibility index (Phi) is 3.34. The fourth-order valence-electron chi connectivity index (χ4n) is 1.70. The maximum Gasteiger partial charge on any atom is 0.0197 e. The maximum absolute atomic E-state index is 2.57. The summed E-state index contributed by atoms with van der Waals surface area (Å²) in [4.78, 5) is 2.57. The first-order valence-electron chi connectivity index (χ1n) is 4.96. The van der Waals surface area contributed by atoms with Gasteiger partial charge in [0.25, 0.3) is 0 Å². The van der Waals surface area contributed by atoms with Gasteiger partial charge in [0.05, 0.1) is 0 Å². The van der Waals surface area contributed by atoms with E-state index < -0.39 is 0 Å². The molecule has 2 heteroatoms. The predicted molar refractivity (Wildman–Crippen MR) is 60.1 cm³/mol. The van der Waals surface area contributed by atoms with E-state index in [4.69, 9.17) is 0 Å². The van der Waals surface area contributed by atoms with E-state index in [0.29, 0.717) is 0 Å². The quantitative estimate of drug-likeness (QED) is 0.664. The largest absolute Gasteiger partial charge is 0.299 e. The number of nitrogens with zero attached hydrogens (tertiary/aromatic N) is 1. The van der Waals surface area contributed by atoms with Gasteiger partial charge in [0, 0.05) is 6.29 Å². The van der Waals surface area contributed by atoms with Crippen molar-refractivity contribution in [2.75, 3.05) is 19.4 Å².